The number of rotatable bonds is 5. The fraction of sp³-hybridized carbons (Fsp3) is 1.00. The zero-order valence-corrected chi connectivity index (χ0v) is 19.1. The topological polar surface area (TPSA) is 66.8 Å². The van der Waals surface area contributed by atoms with Crippen molar-refractivity contribution in [3.63, 3.8) is 0 Å². The van der Waals surface area contributed by atoms with Crippen molar-refractivity contribution in [3.05, 3.63) is 0 Å². The number of quaternary nitrogens is 2. The van der Waals surface area contributed by atoms with Gasteiger partial charge in [-0.05, 0) is 32.1 Å². The molecule has 0 radical (unpaired) electrons. The Hall–Kier alpha value is 0.01000. The molecule has 1 aliphatic carbocycles. The first-order chi connectivity index (χ1) is 14.8. The largest absolute Gasteiger partial charge is 0.379 e. The summed E-state index contributed by atoms with van der Waals surface area (Å²) in [4.78, 5) is 10.5. The molecule has 8 heteroatoms. The lowest BCUT2D eigenvalue weighted by molar-refractivity contribution is -0.919. The van der Waals surface area contributed by atoms with E-state index in [4.69, 9.17) is 21.2 Å². The molecule has 5 N–H and O–H groups in total. The molecule has 172 valence electrons. The van der Waals surface area contributed by atoms with Crippen LogP contribution < -0.4 is 21.0 Å². The van der Waals surface area contributed by atoms with Crippen LogP contribution in [0.5, 0.6) is 0 Å². The fourth-order valence-corrected chi connectivity index (χ4v) is 6.82. The van der Waals surface area contributed by atoms with Crippen molar-refractivity contribution in [1.82, 2.24) is 15.7 Å². The Kier molecular flexibility index (Phi) is 7.50. The zero-order chi connectivity index (χ0) is 20.3. The summed E-state index contributed by atoms with van der Waals surface area (Å²) in [7, 11) is 0. The summed E-state index contributed by atoms with van der Waals surface area (Å²) in [6, 6.07) is 0.588. The molecule has 7 nitrogen and oxygen atoms in total. The van der Waals surface area contributed by atoms with Crippen LogP contribution >= 0.6 is 11.6 Å². The van der Waals surface area contributed by atoms with Gasteiger partial charge in [0.25, 0.3) is 0 Å². The maximum atomic E-state index is 6.32. The second-order valence-electron chi connectivity index (χ2n) is 10.3. The molecule has 0 spiro atoms. The number of likely N-dealkylation sites (tertiary alicyclic amines) is 1. The third-order valence-corrected chi connectivity index (χ3v) is 8.86. The molecule has 1 saturated carbocycles. The maximum Gasteiger partial charge on any atom is 0.183 e. The molecular formula is C22H42ClN5O2+2. The molecule has 6 atom stereocenters. The molecule has 4 aliphatic heterocycles. The van der Waals surface area contributed by atoms with E-state index in [0.29, 0.717) is 29.7 Å². The van der Waals surface area contributed by atoms with Gasteiger partial charge in [-0.15, -0.1) is 11.6 Å². The molecule has 4 heterocycles. The van der Waals surface area contributed by atoms with Crippen LogP contribution in [0, 0.1) is 11.8 Å². The van der Waals surface area contributed by atoms with Crippen molar-refractivity contribution in [2.75, 3.05) is 45.9 Å². The second kappa shape index (κ2) is 10.3. The molecule has 4 saturated heterocycles. The van der Waals surface area contributed by atoms with E-state index in [-0.39, 0.29) is 6.23 Å². The summed E-state index contributed by atoms with van der Waals surface area (Å²) < 4.78 is 5.51. The number of halogens is 1. The number of hydroxylamine groups is 1. The van der Waals surface area contributed by atoms with E-state index in [1.165, 1.54) is 71.0 Å². The van der Waals surface area contributed by atoms with Gasteiger partial charge >= 0.3 is 0 Å². The quantitative estimate of drug-likeness (QED) is 0.421. The Bertz CT molecular complexity index is 536. The van der Waals surface area contributed by atoms with E-state index in [1.807, 2.05) is 0 Å². The van der Waals surface area contributed by atoms with E-state index >= 15 is 0 Å². The van der Waals surface area contributed by atoms with Crippen molar-refractivity contribution in [3.8, 4) is 0 Å². The summed E-state index contributed by atoms with van der Waals surface area (Å²) >= 11 is 6.32. The highest BCUT2D eigenvalue weighted by atomic mass is 35.5. The second-order valence-corrected chi connectivity index (χ2v) is 10.9. The van der Waals surface area contributed by atoms with Crippen LogP contribution in [0.4, 0.5) is 0 Å². The molecule has 0 aromatic heterocycles. The lowest BCUT2D eigenvalue weighted by Crippen LogP contribution is -3.15. The lowest BCUT2D eigenvalue weighted by atomic mass is 9.88. The number of nitrogens with zero attached hydrogens (tertiary/aromatic N) is 1. The number of nitrogens with two attached hydrogens (primary N) is 1. The first-order valence-electron chi connectivity index (χ1n) is 12.6. The van der Waals surface area contributed by atoms with Crippen molar-refractivity contribution >= 4 is 11.6 Å². The first-order valence-corrected chi connectivity index (χ1v) is 13.0. The van der Waals surface area contributed by atoms with Gasteiger partial charge < -0.3 is 15.0 Å². The fourth-order valence-electron chi connectivity index (χ4n) is 6.57. The van der Waals surface area contributed by atoms with Gasteiger partial charge in [-0.25, -0.2) is 4.90 Å². The number of hydrogen-bond donors (Lipinski definition) is 4. The van der Waals surface area contributed by atoms with E-state index in [0.717, 1.165) is 32.2 Å². The van der Waals surface area contributed by atoms with Crippen LogP contribution in [0.2, 0.25) is 0 Å². The van der Waals surface area contributed by atoms with Gasteiger partial charge in [0, 0.05) is 49.6 Å². The van der Waals surface area contributed by atoms with Crippen LogP contribution in [-0.4, -0.2) is 80.8 Å². The highest BCUT2D eigenvalue weighted by molar-refractivity contribution is 6.20. The summed E-state index contributed by atoms with van der Waals surface area (Å²) in [6.07, 6.45) is 11.3. The highest BCUT2D eigenvalue weighted by Gasteiger charge is 2.44. The average Bonchev–Trinajstić information content (AvgIpc) is 3.46. The molecule has 0 amide bonds. The van der Waals surface area contributed by atoms with Crippen molar-refractivity contribution in [2.45, 2.75) is 81.3 Å². The average molecular weight is 444 g/mol. The predicted octanol–water partition coefficient (Wildman–Crippen LogP) is -0.760. The van der Waals surface area contributed by atoms with Gasteiger partial charge in [-0.3, -0.25) is 10.2 Å². The van der Waals surface area contributed by atoms with Gasteiger partial charge in [0.1, 0.15) is 12.2 Å². The lowest BCUT2D eigenvalue weighted by Gasteiger charge is -2.37. The summed E-state index contributed by atoms with van der Waals surface area (Å²) in [5.41, 5.74) is 3.38. The van der Waals surface area contributed by atoms with Crippen molar-refractivity contribution in [1.29, 1.82) is 0 Å². The molecule has 0 aromatic carbocycles. The summed E-state index contributed by atoms with van der Waals surface area (Å²) in [5, 5.41) is 6.82. The van der Waals surface area contributed by atoms with Crippen LogP contribution in [0.1, 0.15) is 51.4 Å². The Morgan fingerprint density at radius 3 is 2.63 bits per heavy atom. The first kappa shape index (κ1) is 21.8. The number of ether oxygens (including phenoxy) is 1. The van der Waals surface area contributed by atoms with Gasteiger partial charge in [-0.1, -0.05) is 0 Å². The Labute approximate surface area is 186 Å². The number of hydrogen-bond acceptors (Lipinski definition) is 5. The number of morpholine rings is 1. The highest BCUT2D eigenvalue weighted by Crippen LogP contribution is 2.27. The Morgan fingerprint density at radius 1 is 1.03 bits per heavy atom. The molecule has 30 heavy (non-hydrogen) atoms. The predicted molar refractivity (Wildman–Crippen MR) is 116 cm³/mol. The minimum Gasteiger partial charge on any atom is -0.379 e. The van der Waals surface area contributed by atoms with Gasteiger partial charge in [0.2, 0.25) is 0 Å². The van der Waals surface area contributed by atoms with Crippen molar-refractivity contribution < 1.29 is 19.8 Å². The monoisotopic (exact) mass is 443 g/mol. The zero-order valence-electron chi connectivity index (χ0n) is 18.4. The Morgan fingerprint density at radius 2 is 1.87 bits per heavy atom. The number of nitrogens with one attached hydrogen (secondary N) is 3. The third-order valence-electron chi connectivity index (χ3n) is 8.43. The minimum absolute atomic E-state index is 0.161. The molecular weight excluding hydrogens is 402 g/mol. The normalized spacial score (nSPS) is 46.3. The number of alkyl halides is 1. The van der Waals surface area contributed by atoms with E-state index in [2.05, 4.69) is 21.0 Å². The molecule has 5 rings (SSSR count). The molecule has 5 aliphatic rings. The van der Waals surface area contributed by atoms with E-state index in [9.17, 15) is 0 Å². The summed E-state index contributed by atoms with van der Waals surface area (Å²) in [5.74, 6) is 1.49. The Balaban J connectivity index is 1.08. The maximum absolute atomic E-state index is 6.32. The van der Waals surface area contributed by atoms with Gasteiger partial charge in [0.15, 0.2) is 6.23 Å². The van der Waals surface area contributed by atoms with E-state index < -0.39 is 0 Å². The number of piperidine rings is 1. The van der Waals surface area contributed by atoms with Crippen LogP contribution in [-0.2, 0) is 9.57 Å². The minimum atomic E-state index is 0.161. The van der Waals surface area contributed by atoms with Gasteiger partial charge in [-0.2, -0.15) is 5.48 Å². The van der Waals surface area contributed by atoms with Crippen LogP contribution in [0.3, 0.4) is 0 Å². The van der Waals surface area contributed by atoms with Crippen LogP contribution in [0.25, 0.3) is 0 Å². The summed E-state index contributed by atoms with van der Waals surface area (Å²) in [6.45, 7) is 7.74. The smallest absolute Gasteiger partial charge is 0.183 e. The third kappa shape index (κ3) is 5.15. The van der Waals surface area contributed by atoms with E-state index in [1.54, 1.807) is 4.90 Å². The molecule has 0 bridgehead atoms. The molecule has 0 aromatic rings. The molecule has 5 fully saturated rings. The SMILES string of the molecule is ClC1CCC(C[NH+]2CCCC2C2NC(C3CCC(N4CCOCC4)[NH2+]C3)NO2)CC1. The molecule has 6 unspecified atom stereocenters. The standard InChI is InChI=1S/C22H40ClN5O2/c23-18-6-3-16(4-7-18)15-28-9-1-2-19(28)22-25-21(26-30-22)17-5-8-20(24-14-17)27-10-12-29-13-11-27/h16-22,24-26H,1-15H2/p+2. The van der Waals surface area contributed by atoms with Crippen LogP contribution in [0.15, 0.2) is 0 Å². The van der Waals surface area contributed by atoms with Crippen molar-refractivity contribution in [2.24, 2.45) is 11.8 Å². The van der Waals surface area contributed by atoms with Gasteiger partial charge in [0.05, 0.1) is 39.0 Å².